The van der Waals surface area contributed by atoms with Crippen molar-refractivity contribution in [2.24, 2.45) is 7.05 Å². The minimum atomic E-state index is -0.00201. The summed E-state index contributed by atoms with van der Waals surface area (Å²) in [5, 5.41) is 4.05. The molecular formula is C20H26N6O3. The number of pyridine rings is 1. The average Bonchev–Trinajstić information content (AvgIpc) is 3.21. The van der Waals surface area contributed by atoms with Crippen molar-refractivity contribution < 1.29 is 14.3 Å². The molecule has 0 saturated carbocycles. The first-order valence-corrected chi connectivity index (χ1v) is 9.93. The topological polar surface area (TPSA) is 83.8 Å². The number of aryl methyl sites for hydroxylation is 1. The van der Waals surface area contributed by atoms with E-state index in [-0.39, 0.29) is 11.7 Å². The number of hydrogen-bond acceptors (Lipinski definition) is 7. The van der Waals surface area contributed by atoms with E-state index >= 15 is 0 Å². The predicted octanol–water partition coefficient (Wildman–Crippen LogP) is 0.292. The minimum absolute atomic E-state index is 0.00201. The van der Waals surface area contributed by atoms with Gasteiger partial charge in [0.15, 0.2) is 5.78 Å². The van der Waals surface area contributed by atoms with Crippen LogP contribution in [-0.4, -0.2) is 95.3 Å². The first-order valence-electron chi connectivity index (χ1n) is 9.93. The number of carbonyl (C=O) groups excluding carboxylic acids is 2. The van der Waals surface area contributed by atoms with Crippen molar-refractivity contribution in [1.82, 2.24) is 24.6 Å². The SMILES string of the molecule is Cn1cc(C(=O)CN2CCN(C(=O)c3cccnc3N3CCOCC3)CC2)cn1. The zero-order chi connectivity index (χ0) is 20.2. The van der Waals surface area contributed by atoms with Crippen LogP contribution >= 0.6 is 0 Å². The van der Waals surface area contributed by atoms with Gasteiger partial charge in [-0.25, -0.2) is 4.98 Å². The molecular weight excluding hydrogens is 372 g/mol. The summed E-state index contributed by atoms with van der Waals surface area (Å²) in [6, 6.07) is 3.65. The van der Waals surface area contributed by atoms with Crippen molar-refractivity contribution >= 4 is 17.5 Å². The molecule has 0 aliphatic carbocycles. The van der Waals surface area contributed by atoms with Crippen LogP contribution in [0.4, 0.5) is 5.82 Å². The maximum atomic E-state index is 13.1. The second kappa shape index (κ2) is 8.71. The quantitative estimate of drug-likeness (QED) is 0.670. The second-order valence-electron chi connectivity index (χ2n) is 7.37. The van der Waals surface area contributed by atoms with Crippen LogP contribution in [0, 0.1) is 0 Å². The van der Waals surface area contributed by atoms with E-state index in [1.807, 2.05) is 11.0 Å². The molecule has 0 N–H and O–H groups in total. The molecule has 0 radical (unpaired) electrons. The smallest absolute Gasteiger partial charge is 0.257 e. The van der Waals surface area contributed by atoms with Crippen molar-refractivity contribution in [3.8, 4) is 0 Å². The lowest BCUT2D eigenvalue weighted by molar-refractivity contribution is 0.0623. The van der Waals surface area contributed by atoms with Crippen LogP contribution in [0.25, 0.3) is 0 Å². The molecule has 2 saturated heterocycles. The normalized spacial score (nSPS) is 18.1. The Bertz CT molecular complexity index is 869. The monoisotopic (exact) mass is 398 g/mol. The zero-order valence-corrected chi connectivity index (χ0v) is 16.7. The highest BCUT2D eigenvalue weighted by Gasteiger charge is 2.27. The molecule has 0 unspecified atom stereocenters. The van der Waals surface area contributed by atoms with E-state index in [0.717, 1.165) is 18.9 Å². The van der Waals surface area contributed by atoms with E-state index < -0.39 is 0 Å². The summed E-state index contributed by atoms with van der Waals surface area (Å²) < 4.78 is 7.04. The van der Waals surface area contributed by atoms with Crippen LogP contribution in [0.3, 0.4) is 0 Å². The molecule has 2 aliphatic rings. The number of ether oxygens (including phenoxy) is 1. The van der Waals surface area contributed by atoms with Gasteiger partial charge in [0.2, 0.25) is 0 Å². The minimum Gasteiger partial charge on any atom is -0.378 e. The number of anilines is 1. The van der Waals surface area contributed by atoms with Crippen LogP contribution in [0.1, 0.15) is 20.7 Å². The fraction of sp³-hybridized carbons (Fsp3) is 0.500. The summed E-state index contributed by atoms with van der Waals surface area (Å²) >= 11 is 0. The molecule has 9 nitrogen and oxygen atoms in total. The zero-order valence-electron chi connectivity index (χ0n) is 16.7. The van der Waals surface area contributed by atoms with E-state index in [4.69, 9.17) is 4.74 Å². The fourth-order valence-electron chi connectivity index (χ4n) is 3.73. The number of rotatable bonds is 5. The average molecular weight is 398 g/mol. The maximum absolute atomic E-state index is 13.1. The van der Waals surface area contributed by atoms with Gasteiger partial charge in [-0.1, -0.05) is 0 Å². The molecule has 4 rings (SSSR count). The van der Waals surface area contributed by atoms with Crippen molar-refractivity contribution in [2.45, 2.75) is 0 Å². The summed E-state index contributed by atoms with van der Waals surface area (Å²) in [5.41, 5.74) is 1.26. The van der Waals surface area contributed by atoms with Gasteiger partial charge < -0.3 is 14.5 Å². The van der Waals surface area contributed by atoms with Crippen LogP contribution in [0.5, 0.6) is 0 Å². The number of ketones is 1. The standard InChI is InChI=1S/C20H26N6O3/c1-23-14-16(13-22-23)18(27)15-24-5-7-26(8-6-24)20(28)17-3-2-4-21-19(17)25-9-11-29-12-10-25/h2-4,13-14H,5-12,15H2,1H3. The van der Waals surface area contributed by atoms with Gasteiger partial charge in [-0.2, -0.15) is 5.10 Å². The number of hydrogen-bond donors (Lipinski definition) is 0. The van der Waals surface area contributed by atoms with Crippen LogP contribution in [-0.2, 0) is 11.8 Å². The molecule has 4 heterocycles. The van der Waals surface area contributed by atoms with E-state index in [0.29, 0.717) is 57.1 Å². The predicted molar refractivity (Wildman–Crippen MR) is 107 cm³/mol. The first kappa shape index (κ1) is 19.5. The Hall–Kier alpha value is -2.78. The lowest BCUT2D eigenvalue weighted by atomic mass is 10.1. The Morgan fingerprint density at radius 3 is 2.55 bits per heavy atom. The molecule has 0 aromatic carbocycles. The van der Waals surface area contributed by atoms with Crippen LogP contribution in [0.2, 0.25) is 0 Å². The number of nitrogens with zero attached hydrogens (tertiary/aromatic N) is 6. The number of Topliss-reactive ketones (excluding diaryl/α,β-unsaturated/α-hetero) is 1. The highest BCUT2D eigenvalue weighted by Crippen LogP contribution is 2.21. The van der Waals surface area contributed by atoms with Gasteiger partial charge in [0.25, 0.3) is 5.91 Å². The highest BCUT2D eigenvalue weighted by molar-refractivity contribution is 5.99. The molecule has 2 fully saturated rings. The number of aromatic nitrogens is 3. The van der Waals surface area contributed by atoms with E-state index in [9.17, 15) is 9.59 Å². The molecule has 2 aliphatic heterocycles. The van der Waals surface area contributed by atoms with Crippen molar-refractivity contribution in [2.75, 3.05) is 63.9 Å². The van der Waals surface area contributed by atoms with E-state index in [1.54, 1.807) is 36.4 Å². The molecule has 2 aromatic rings. The van der Waals surface area contributed by atoms with Gasteiger partial charge in [-0.05, 0) is 12.1 Å². The lowest BCUT2D eigenvalue weighted by Gasteiger charge is -2.35. The Balaban J connectivity index is 1.36. The summed E-state index contributed by atoms with van der Waals surface area (Å²) in [7, 11) is 1.80. The number of piperazine rings is 1. The van der Waals surface area contributed by atoms with Gasteiger partial charge in [0.1, 0.15) is 5.82 Å². The Morgan fingerprint density at radius 1 is 1.10 bits per heavy atom. The third-order valence-corrected chi connectivity index (χ3v) is 5.38. The molecule has 0 atom stereocenters. The summed E-state index contributed by atoms with van der Waals surface area (Å²) in [6.45, 7) is 5.65. The van der Waals surface area contributed by atoms with Gasteiger partial charge in [-0.3, -0.25) is 19.2 Å². The van der Waals surface area contributed by atoms with Gasteiger partial charge >= 0.3 is 0 Å². The molecule has 0 spiro atoms. The third kappa shape index (κ3) is 4.46. The summed E-state index contributed by atoms with van der Waals surface area (Å²) in [4.78, 5) is 36.1. The third-order valence-electron chi connectivity index (χ3n) is 5.38. The van der Waals surface area contributed by atoms with Gasteiger partial charge in [0, 0.05) is 58.7 Å². The van der Waals surface area contributed by atoms with Crippen molar-refractivity contribution in [3.05, 3.63) is 41.9 Å². The highest BCUT2D eigenvalue weighted by atomic mass is 16.5. The largest absolute Gasteiger partial charge is 0.378 e. The molecule has 9 heteroatoms. The molecule has 29 heavy (non-hydrogen) atoms. The van der Waals surface area contributed by atoms with Gasteiger partial charge in [0.05, 0.1) is 37.1 Å². The number of carbonyl (C=O) groups is 2. The molecule has 0 bridgehead atoms. The molecule has 2 aromatic heterocycles. The van der Waals surface area contributed by atoms with E-state index in [1.165, 1.54) is 0 Å². The van der Waals surface area contributed by atoms with Crippen LogP contribution < -0.4 is 4.90 Å². The lowest BCUT2D eigenvalue weighted by Crippen LogP contribution is -2.50. The fourth-order valence-corrected chi connectivity index (χ4v) is 3.73. The maximum Gasteiger partial charge on any atom is 0.257 e. The number of morpholine rings is 1. The molecule has 1 amide bonds. The summed E-state index contributed by atoms with van der Waals surface area (Å²) in [5.74, 6) is 0.785. The van der Waals surface area contributed by atoms with Crippen LogP contribution in [0.15, 0.2) is 30.7 Å². The summed E-state index contributed by atoms with van der Waals surface area (Å²) in [6.07, 6.45) is 5.05. The second-order valence-corrected chi connectivity index (χ2v) is 7.37. The van der Waals surface area contributed by atoms with Crippen molar-refractivity contribution in [3.63, 3.8) is 0 Å². The van der Waals surface area contributed by atoms with E-state index in [2.05, 4.69) is 19.9 Å². The van der Waals surface area contributed by atoms with Crippen molar-refractivity contribution in [1.29, 1.82) is 0 Å². The molecule has 154 valence electrons. The Morgan fingerprint density at radius 2 is 1.86 bits per heavy atom. The first-order chi connectivity index (χ1) is 14.1. The Kier molecular flexibility index (Phi) is 5.86. The Labute approximate surface area is 169 Å². The number of amides is 1. The van der Waals surface area contributed by atoms with Gasteiger partial charge in [-0.15, -0.1) is 0 Å².